The molecule has 3 aromatic rings. The van der Waals surface area contributed by atoms with E-state index < -0.39 is 5.82 Å². The number of benzene rings is 1. The third-order valence-corrected chi connectivity index (χ3v) is 10.3. The molecule has 3 amide bonds. The van der Waals surface area contributed by atoms with Crippen molar-refractivity contribution in [3.63, 3.8) is 0 Å². The third kappa shape index (κ3) is 7.75. The summed E-state index contributed by atoms with van der Waals surface area (Å²) in [4.78, 5) is 42.4. The van der Waals surface area contributed by atoms with Crippen molar-refractivity contribution in [2.45, 2.75) is 76.3 Å². The number of amides is 3. The Morgan fingerprint density at radius 3 is 2.40 bits per heavy atom. The van der Waals surface area contributed by atoms with Gasteiger partial charge in [-0.1, -0.05) is 19.3 Å². The van der Waals surface area contributed by atoms with E-state index in [1.165, 1.54) is 30.2 Å². The summed E-state index contributed by atoms with van der Waals surface area (Å²) in [6, 6.07) is 9.37. The maximum atomic E-state index is 15.0. The van der Waals surface area contributed by atoms with Crippen molar-refractivity contribution in [3.05, 3.63) is 48.0 Å². The zero-order valence-electron chi connectivity index (χ0n) is 27.4. The first-order chi connectivity index (χ1) is 22.9. The summed E-state index contributed by atoms with van der Waals surface area (Å²) in [6.45, 7) is 5.05. The minimum absolute atomic E-state index is 0.102. The molecule has 0 atom stereocenters. The van der Waals surface area contributed by atoms with E-state index in [1.807, 2.05) is 18.3 Å². The van der Waals surface area contributed by atoms with E-state index in [4.69, 9.17) is 0 Å². The van der Waals surface area contributed by atoms with Crippen LogP contribution in [0.4, 0.5) is 15.9 Å². The highest BCUT2D eigenvalue weighted by Crippen LogP contribution is 2.35. The van der Waals surface area contributed by atoms with Crippen LogP contribution in [0.25, 0.3) is 10.9 Å². The van der Waals surface area contributed by atoms with Gasteiger partial charge in [-0.2, -0.15) is 0 Å². The molecule has 0 radical (unpaired) electrons. The van der Waals surface area contributed by atoms with Gasteiger partial charge in [0.1, 0.15) is 5.82 Å². The number of halogens is 1. The average Bonchev–Trinajstić information content (AvgIpc) is 3.54. The summed E-state index contributed by atoms with van der Waals surface area (Å²) >= 11 is 0. The van der Waals surface area contributed by atoms with Gasteiger partial charge in [-0.3, -0.25) is 14.4 Å². The number of nitrogens with one attached hydrogen (secondary N) is 2. The summed E-state index contributed by atoms with van der Waals surface area (Å²) < 4.78 is 17.2. The van der Waals surface area contributed by atoms with E-state index in [1.54, 1.807) is 19.2 Å². The lowest BCUT2D eigenvalue weighted by atomic mass is 9.94. The minimum Gasteiger partial charge on any atom is -0.359 e. The molecular weight excluding hydrogens is 599 g/mol. The lowest BCUT2D eigenvalue weighted by Crippen LogP contribution is -2.42. The van der Waals surface area contributed by atoms with Crippen LogP contribution in [0.15, 0.2) is 36.5 Å². The SMILES string of the molecule is CNC(=O)CCN(C=O)c1c(F)ccc2c1ccn2C1CCN(CC2CCN(c3ccc(C(=O)NC4CCCCC4)nn3)CC2)CC1. The van der Waals surface area contributed by atoms with Crippen LogP contribution in [0, 0.1) is 11.7 Å². The largest absolute Gasteiger partial charge is 0.359 e. The summed E-state index contributed by atoms with van der Waals surface area (Å²) in [7, 11) is 1.54. The number of anilines is 2. The number of rotatable bonds is 11. The molecule has 1 saturated carbocycles. The zero-order valence-corrected chi connectivity index (χ0v) is 27.4. The van der Waals surface area contributed by atoms with Crippen molar-refractivity contribution in [1.29, 1.82) is 0 Å². The maximum absolute atomic E-state index is 15.0. The van der Waals surface area contributed by atoms with E-state index in [0.29, 0.717) is 29.4 Å². The highest BCUT2D eigenvalue weighted by molar-refractivity contribution is 5.98. The van der Waals surface area contributed by atoms with Gasteiger partial charge < -0.3 is 29.9 Å². The number of hydrogen-bond acceptors (Lipinski definition) is 7. The van der Waals surface area contributed by atoms with Gasteiger partial charge in [0.2, 0.25) is 12.3 Å². The molecule has 252 valence electrons. The predicted molar refractivity (Wildman–Crippen MR) is 180 cm³/mol. The predicted octanol–water partition coefficient (Wildman–Crippen LogP) is 4.29. The number of carbonyl (C=O) groups excluding carboxylic acids is 3. The number of likely N-dealkylation sites (tertiary alicyclic amines) is 1. The first-order valence-corrected chi connectivity index (χ1v) is 17.3. The molecule has 0 spiro atoms. The Kier molecular flexibility index (Phi) is 10.6. The molecule has 1 aliphatic carbocycles. The summed E-state index contributed by atoms with van der Waals surface area (Å²) in [5, 5.41) is 15.0. The normalized spacial score (nSPS) is 18.7. The summed E-state index contributed by atoms with van der Waals surface area (Å²) in [5.74, 6) is 0.666. The Labute approximate surface area is 275 Å². The number of nitrogens with zero attached hydrogens (tertiary/aromatic N) is 6. The summed E-state index contributed by atoms with van der Waals surface area (Å²) in [5.41, 5.74) is 1.52. The summed E-state index contributed by atoms with van der Waals surface area (Å²) in [6.07, 6.45) is 12.6. The maximum Gasteiger partial charge on any atom is 0.272 e. The van der Waals surface area contributed by atoms with Crippen molar-refractivity contribution in [3.8, 4) is 0 Å². The number of fused-ring (bicyclic) bond motifs is 1. The molecular formula is C35H47FN8O3. The highest BCUT2D eigenvalue weighted by Gasteiger charge is 2.28. The van der Waals surface area contributed by atoms with E-state index >= 15 is 0 Å². The second-order valence-corrected chi connectivity index (χ2v) is 13.3. The fourth-order valence-electron chi connectivity index (χ4n) is 7.58. The van der Waals surface area contributed by atoms with Gasteiger partial charge in [0, 0.05) is 76.4 Å². The molecule has 2 saturated heterocycles. The second kappa shape index (κ2) is 15.2. The zero-order chi connectivity index (χ0) is 32.8. The van der Waals surface area contributed by atoms with Crippen molar-refractivity contribution in [2.75, 3.05) is 56.1 Å². The topological polar surface area (TPSA) is 116 Å². The highest BCUT2D eigenvalue weighted by atomic mass is 19.1. The van der Waals surface area contributed by atoms with Gasteiger partial charge >= 0.3 is 0 Å². The fraction of sp³-hybridized carbons (Fsp3) is 0.571. The van der Waals surface area contributed by atoms with E-state index in [9.17, 15) is 18.8 Å². The standard InChI is InChI=1S/C35H47FN8O3/c1-37-33(46)16-21-43(24-45)34-28-15-22-44(31(28)9-7-29(34)36)27-13-17-41(18-14-27)23-25-11-19-42(20-12-25)32-10-8-30(39-40-32)35(47)38-26-5-3-2-4-6-26/h7-10,15,22,24-27H,2-6,11-14,16-21,23H2,1H3,(H,37,46)(H,38,47). The molecule has 2 N–H and O–H groups in total. The minimum atomic E-state index is -0.471. The molecule has 0 unspecified atom stereocenters. The smallest absolute Gasteiger partial charge is 0.272 e. The fourth-order valence-corrected chi connectivity index (χ4v) is 7.58. The number of carbonyl (C=O) groups is 3. The van der Waals surface area contributed by atoms with Crippen LogP contribution in [0.1, 0.15) is 80.7 Å². The van der Waals surface area contributed by atoms with Gasteiger partial charge in [-0.25, -0.2) is 4.39 Å². The molecule has 6 rings (SSSR count). The number of hydrogen-bond donors (Lipinski definition) is 2. The van der Waals surface area contributed by atoms with Gasteiger partial charge in [0.15, 0.2) is 11.5 Å². The van der Waals surface area contributed by atoms with Crippen LogP contribution < -0.4 is 20.4 Å². The quantitative estimate of drug-likeness (QED) is 0.299. The van der Waals surface area contributed by atoms with Crippen LogP contribution in [0.2, 0.25) is 0 Å². The monoisotopic (exact) mass is 646 g/mol. The van der Waals surface area contributed by atoms with Gasteiger partial charge in [0.05, 0.1) is 11.2 Å². The van der Waals surface area contributed by atoms with Gasteiger partial charge in [0.25, 0.3) is 5.91 Å². The first-order valence-electron chi connectivity index (χ1n) is 17.3. The van der Waals surface area contributed by atoms with Crippen molar-refractivity contribution in [2.24, 2.45) is 5.92 Å². The third-order valence-electron chi connectivity index (χ3n) is 10.3. The van der Waals surface area contributed by atoms with Crippen LogP contribution >= 0.6 is 0 Å². The lowest BCUT2D eigenvalue weighted by Gasteiger charge is -2.38. The van der Waals surface area contributed by atoms with Gasteiger partial charge in [-0.05, 0) is 74.8 Å². The lowest BCUT2D eigenvalue weighted by molar-refractivity contribution is -0.120. The first kappa shape index (κ1) is 32.9. The molecule has 47 heavy (non-hydrogen) atoms. The van der Waals surface area contributed by atoms with Crippen LogP contribution in [0.3, 0.4) is 0 Å². The molecule has 11 nitrogen and oxygen atoms in total. The average molecular weight is 647 g/mol. The molecule has 0 bridgehead atoms. The Bertz CT molecular complexity index is 1520. The number of piperidine rings is 2. The number of aromatic nitrogens is 3. The Morgan fingerprint density at radius 2 is 1.72 bits per heavy atom. The Balaban J connectivity index is 0.981. The van der Waals surface area contributed by atoms with Crippen molar-refractivity contribution < 1.29 is 18.8 Å². The molecule has 1 aromatic carbocycles. The Hall–Kier alpha value is -4.06. The van der Waals surface area contributed by atoms with Gasteiger partial charge in [-0.15, -0.1) is 10.2 Å². The molecule has 2 aromatic heterocycles. The van der Waals surface area contributed by atoms with E-state index in [0.717, 1.165) is 82.6 Å². The molecule has 12 heteroatoms. The van der Waals surface area contributed by atoms with Crippen molar-refractivity contribution >= 4 is 40.6 Å². The van der Waals surface area contributed by atoms with Crippen LogP contribution in [-0.2, 0) is 9.59 Å². The molecule has 3 fully saturated rings. The molecule has 2 aliphatic heterocycles. The van der Waals surface area contributed by atoms with E-state index in [2.05, 4.69) is 35.2 Å². The van der Waals surface area contributed by atoms with Crippen molar-refractivity contribution in [1.82, 2.24) is 30.3 Å². The molecule has 3 aliphatic rings. The van der Waals surface area contributed by atoms with E-state index in [-0.39, 0.29) is 36.5 Å². The second-order valence-electron chi connectivity index (χ2n) is 13.3. The molecule has 4 heterocycles. The van der Waals surface area contributed by atoms with Crippen LogP contribution in [-0.4, -0.2) is 90.2 Å². The Morgan fingerprint density at radius 1 is 0.957 bits per heavy atom. The van der Waals surface area contributed by atoms with Crippen LogP contribution in [0.5, 0.6) is 0 Å².